The predicted molar refractivity (Wildman–Crippen MR) is 58.8 cm³/mol. The van der Waals surface area contributed by atoms with Crippen LogP contribution in [0.25, 0.3) is 0 Å². The first kappa shape index (κ1) is 12.2. The largest absolute Gasteiger partial charge is 0.452 e. The molecule has 16 heavy (non-hydrogen) atoms. The third kappa shape index (κ3) is 3.34. The summed E-state index contributed by atoms with van der Waals surface area (Å²) < 4.78 is 17.1. The molecule has 0 radical (unpaired) electrons. The summed E-state index contributed by atoms with van der Waals surface area (Å²) >= 11 is 0. The van der Waals surface area contributed by atoms with Gasteiger partial charge in [0.1, 0.15) is 5.82 Å². The van der Waals surface area contributed by atoms with Crippen molar-refractivity contribution in [1.29, 1.82) is 0 Å². The maximum Gasteiger partial charge on any atom is 0.427 e. The van der Waals surface area contributed by atoms with Crippen LogP contribution in [0.15, 0.2) is 29.4 Å². The van der Waals surface area contributed by atoms with Crippen LogP contribution in [-0.2, 0) is 4.74 Å². The van der Waals surface area contributed by atoms with Gasteiger partial charge >= 0.3 is 6.09 Å². The summed E-state index contributed by atoms with van der Waals surface area (Å²) in [5.41, 5.74) is 3.65. The molecule has 0 aromatic heterocycles. The van der Waals surface area contributed by atoms with Crippen molar-refractivity contribution in [2.45, 2.75) is 13.3 Å². The Morgan fingerprint density at radius 3 is 2.56 bits per heavy atom. The van der Waals surface area contributed by atoms with Gasteiger partial charge in [-0.2, -0.15) is 5.10 Å². The van der Waals surface area contributed by atoms with Crippen LogP contribution in [0.1, 0.15) is 18.9 Å². The molecule has 0 spiro atoms. The Kier molecular flexibility index (Phi) is 4.44. The first-order valence-corrected chi connectivity index (χ1v) is 4.83. The third-order valence-corrected chi connectivity index (χ3v) is 1.98. The van der Waals surface area contributed by atoms with Crippen LogP contribution in [-0.4, -0.2) is 18.9 Å². The fourth-order valence-electron chi connectivity index (χ4n) is 1.15. The average Bonchev–Trinajstić information content (AvgIpc) is 2.31. The summed E-state index contributed by atoms with van der Waals surface area (Å²) in [6, 6.07) is 5.91. The van der Waals surface area contributed by atoms with Gasteiger partial charge in [-0.1, -0.05) is 19.1 Å². The molecule has 86 valence electrons. The highest BCUT2D eigenvalue weighted by Crippen LogP contribution is 2.06. The number of hydrazone groups is 1. The van der Waals surface area contributed by atoms with Gasteiger partial charge in [0, 0.05) is 0 Å². The molecule has 5 heteroatoms. The highest BCUT2D eigenvalue weighted by Gasteiger charge is 2.03. The lowest BCUT2D eigenvalue weighted by Gasteiger charge is -2.04. The van der Waals surface area contributed by atoms with Crippen LogP contribution in [0, 0.1) is 5.82 Å². The summed E-state index contributed by atoms with van der Waals surface area (Å²) in [6.07, 6.45) is -0.0108. The SMILES string of the molecule is CC/C(=N/NC(=O)OC)c1ccc(F)cc1. The van der Waals surface area contributed by atoms with Crippen LogP contribution in [0.4, 0.5) is 9.18 Å². The third-order valence-electron chi connectivity index (χ3n) is 1.98. The van der Waals surface area contributed by atoms with Gasteiger partial charge < -0.3 is 4.74 Å². The number of carbonyl (C=O) groups is 1. The Labute approximate surface area is 93.1 Å². The topological polar surface area (TPSA) is 50.7 Å². The number of hydrogen-bond acceptors (Lipinski definition) is 3. The quantitative estimate of drug-likeness (QED) is 0.632. The minimum Gasteiger partial charge on any atom is -0.452 e. The molecule has 4 nitrogen and oxygen atoms in total. The summed E-state index contributed by atoms with van der Waals surface area (Å²) in [5, 5.41) is 3.88. The normalized spacial score (nSPS) is 11.1. The van der Waals surface area contributed by atoms with E-state index in [2.05, 4.69) is 15.3 Å². The number of carbonyl (C=O) groups excluding carboxylic acids is 1. The van der Waals surface area contributed by atoms with E-state index in [0.29, 0.717) is 12.1 Å². The number of rotatable bonds is 3. The number of hydrogen-bond donors (Lipinski definition) is 1. The highest BCUT2D eigenvalue weighted by atomic mass is 19.1. The van der Waals surface area contributed by atoms with Crippen molar-refractivity contribution in [2.24, 2.45) is 5.10 Å². The van der Waals surface area contributed by atoms with E-state index in [1.165, 1.54) is 19.2 Å². The maximum absolute atomic E-state index is 12.7. The van der Waals surface area contributed by atoms with Crippen molar-refractivity contribution in [3.05, 3.63) is 35.6 Å². The molecule has 0 atom stereocenters. The van der Waals surface area contributed by atoms with Crippen molar-refractivity contribution in [3.63, 3.8) is 0 Å². The fraction of sp³-hybridized carbons (Fsp3) is 0.273. The van der Waals surface area contributed by atoms with E-state index in [1.807, 2.05) is 6.92 Å². The van der Waals surface area contributed by atoms with Crippen molar-refractivity contribution in [3.8, 4) is 0 Å². The second-order valence-corrected chi connectivity index (χ2v) is 3.02. The molecule has 0 saturated carbocycles. The van der Waals surface area contributed by atoms with E-state index in [4.69, 9.17) is 0 Å². The molecule has 1 aromatic rings. The van der Waals surface area contributed by atoms with Crippen LogP contribution < -0.4 is 5.43 Å². The Hall–Kier alpha value is -1.91. The molecule has 0 saturated heterocycles. The molecule has 0 unspecified atom stereocenters. The molecule has 0 aliphatic heterocycles. The van der Waals surface area contributed by atoms with Gasteiger partial charge in [0.25, 0.3) is 0 Å². The lowest BCUT2D eigenvalue weighted by atomic mass is 10.1. The van der Waals surface area contributed by atoms with Crippen LogP contribution in [0.2, 0.25) is 0 Å². The smallest absolute Gasteiger partial charge is 0.427 e. The van der Waals surface area contributed by atoms with Gasteiger partial charge in [0.05, 0.1) is 12.8 Å². The molecule has 0 heterocycles. The molecule has 1 amide bonds. The molecule has 0 fully saturated rings. The number of amides is 1. The second kappa shape index (κ2) is 5.85. The van der Waals surface area contributed by atoms with Crippen LogP contribution >= 0.6 is 0 Å². The fourth-order valence-corrected chi connectivity index (χ4v) is 1.15. The Balaban J connectivity index is 2.81. The lowest BCUT2D eigenvalue weighted by Crippen LogP contribution is -2.19. The van der Waals surface area contributed by atoms with E-state index in [-0.39, 0.29) is 5.82 Å². The number of methoxy groups -OCH3 is 1. The van der Waals surface area contributed by atoms with Crippen molar-refractivity contribution in [2.75, 3.05) is 7.11 Å². The molecule has 0 bridgehead atoms. The first-order chi connectivity index (χ1) is 7.67. The standard InChI is InChI=1S/C11H13FN2O2/c1-3-10(13-14-11(15)16-2)8-4-6-9(12)7-5-8/h4-7H,3H2,1-2H3,(H,14,15)/b13-10-. The van der Waals surface area contributed by atoms with Gasteiger partial charge in [-0.3, -0.25) is 0 Å². The molecular weight excluding hydrogens is 211 g/mol. The summed E-state index contributed by atoms with van der Waals surface area (Å²) in [5.74, 6) is -0.305. The number of benzene rings is 1. The molecule has 1 aromatic carbocycles. The maximum atomic E-state index is 12.7. The summed E-state index contributed by atoms with van der Waals surface area (Å²) in [7, 11) is 1.26. The molecule has 1 N–H and O–H groups in total. The van der Waals surface area contributed by atoms with Gasteiger partial charge in [0.2, 0.25) is 0 Å². The molecule has 0 aliphatic rings. The zero-order valence-corrected chi connectivity index (χ0v) is 9.16. The van der Waals surface area contributed by atoms with E-state index >= 15 is 0 Å². The van der Waals surface area contributed by atoms with Gasteiger partial charge in [-0.15, -0.1) is 0 Å². The minimum atomic E-state index is -0.631. The summed E-state index contributed by atoms with van der Waals surface area (Å²) in [4.78, 5) is 10.8. The first-order valence-electron chi connectivity index (χ1n) is 4.83. The van der Waals surface area contributed by atoms with E-state index in [9.17, 15) is 9.18 Å². The minimum absolute atomic E-state index is 0.305. The zero-order valence-electron chi connectivity index (χ0n) is 9.16. The van der Waals surface area contributed by atoms with E-state index < -0.39 is 6.09 Å². The molecule has 0 aliphatic carbocycles. The predicted octanol–water partition coefficient (Wildman–Crippen LogP) is 2.30. The van der Waals surface area contributed by atoms with Crippen LogP contribution in [0.3, 0.4) is 0 Å². The average molecular weight is 224 g/mol. The van der Waals surface area contributed by atoms with E-state index in [0.717, 1.165) is 5.56 Å². The Morgan fingerprint density at radius 2 is 2.06 bits per heavy atom. The van der Waals surface area contributed by atoms with Gasteiger partial charge in [0.15, 0.2) is 0 Å². The Bertz CT molecular complexity index is 387. The Morgan fingerprint density at radius 1 is 1.44 bits per heavy atom. The monoisotopic (exact) mass is 224 g/mol. The van der Waals surface area contributed by atoms with Crippen molar-refractivity contribution >= 4 is 11.8 Å². The van der Waals surface area contributed by atoms with E-state index in [1.54, 1.807) is 12.1 Å². The van der Waals surface area contributed by atoms with Gasteiger partial charge in [-0.05, 0) is 24.1 Å². The zero-order chi connectivity index (χ0) is 12.0. The lowest BCUT2D eigenvalue weighted by molar-refractivity contribution is 0.171. The number of nitrogens with zero attached hydrogens (tertiary/aromatic N) is 1. The van der Waals surface area contributed by atoms with Crippen molar-refractivity contribution in [1.82, 2.24) is 5.43 Å². The molecule has 1 rings (SSSR count). The highest BCUT2D eigenvalue weighted by molar-refractivity contribution is 6.00. The second-order valence-electron chi connectivity index (χ2n) is 3.02. The molecular formula is C11H13FN2O2. The van der Waals surface area contributed by atoms with Crippen molar-refractivity contribution < 1.29 is 13.9 Å². The summed E-state index contributed by atoms with van der Waals surface area (Å²) in [6.45, 7) is 1.89. The number of nitrogens with one attached hydrogen (secondary N) is 1. The van der Waals surface area contributed by atoms with Crippen LogP contribution in [0.5, 0.6) is 0 Å². The number of halogens is 1. The number of ether oxygens (including phenoxy) is 1. The van der Waals surface area contributed by atoms with Gasteiger partial charge in [-0.25, -0.2) is 14.6 Å².